The highest BCUT2D eigenvalue weighted by Gasteiger charge is 2.27. The number of ether oxygens (including phenoxy) is 2. The molecule has 188 valence electrons. The molecular formula is C30H24N4O4. The van der Waals surface area contributed by atoms with Crippen molar-refractivity contribution in [1.29, 1.82) is 0 Å². The van der Waals surface area contributed by atoms with Crippen LogP contribution in [-0.4, -0.2) is 29.9 Å². The number of nitro groups is 1. The van der Waals surface area contributed by atoms with Crippen LogP contribution in [0.3, 0.4) is 0 Å². The van der Waals surface area contributed by atoms with E-state index in [1.54, 1.807) is 6.07 Å². The summed E-state index contributed by atoms with van der Waals surface area (Å²) in [5.74, 6) is 0.958. The SMILES string of the molecule is O=[N+]([O-])c1ccc(C2=NC(c3ccccc3)CO2)c(Nc2ccccc2C2=NC(c3ccccc3)CO2)c1. The highest BCUT2D eigenvalue weighted by molar-refractivity contribution is 6.04. The number of hydrogen-bond donors (Lipinski definition) is 1. The largest absolute Gasteiger partial charge is 0.475 e. The molecule has 6 rings (SSSR count). The molecule has 2 atom stereocenters. The Kier molecular flexibility index (Phi) is 6.27. The van der Waals surface area contributed by atoms with Gasteiger partial charge in [0, 0.05) is 12.1 Å². The molecule has 1 N–H and O–H groups in total. The second-order valence-corrected chi connectivity index (χ2v) is 9.00. The Bertz CT molecular complexity index is 1540. The molecule has 8 heteroatoms. The second-order valence-electron chi connectivity index (χ2n) is 9.00. The van der Waals surface area contributed by atoms with Crippen molar-refractivity contribution < 1.29 is 14.4 Å². The summed E-state index contributed by atoms with van der Waals surface area (Å²) >= 11 is 0. The maximum Gasteiger partial charge on any atom is 0.271 e. The van der Waals surface area contributed by atoms with E-state index in [2.05, 4.69) is 5.32 Å². The van der Waals surface area contributed by atoms with Crippen molar-refractivity contribution in [2.75, 3.05) is 18.5 Å². The lowest BCUT2D eigenvalue weighted by Crippen LogP contribution is -2.09. The number of nitrogens with zero attached hydrogens (tertiary/aromatic N) is 3. The summed E-state index contributed by atoms with van der Waals surface area (Å²) in [5.41, 5.74) is 4.72. The third-order valence-electron chi connectivity index (χ3n) is 6.54. The Morgan fingerprint density at radius 1 is 0.684 bits per heavy atom. The monoisotopic (exact) mass is 504 g/mol. The van der Waals surface area contributed by atoms with Crippen LogP contribution in [0.25, 0.3) is 0 Å². The number of hydrogen-bond acceptors (Lipinski definition) is 7. The lowest BCUT2D eigenvalue weighted by Gasteiger charge is -2.15. The van der Waals surface area contributed by atoms with Crippen molar-refractivity contribution in [1.82, 2.24) is 0 Å². The van der Waals surface area contributed by atoms with E-state index in [1.165, 1.54) is 12.1 Å². The van der Waals surface area contributed by atoms with Gasteiger partial charge in [0.1, 0.15) is 25.3 Å². The van der Waals surface area contributed by atoms with Crippen LogP contribution in [0.1, 0.15) is 34.3 Å². The first-order valence-corrected chi connectivity index (χ1v) is 12.3. The first-order chi connectivity index (χ1) is 18.7. The topological polar surface area (TPSA) is 98.4 Å². The summed E-state index contributed by atoms with van der Waals surface area (Å²) < 4.78 is 12.0. The molecule has 4 aromatic carbocycles. The van der Waals surface area contributed by atoms with Gasteiger partial charge in [-0.1, -0.05) is 72.8 Å². The Labute approximate surface area is 219 Å². The summed E-state index contributed by atoms with van der Waals surface area (Å²) in [6.07, 6.45) is 0. The van der Waals surface area contributed by atoms with Gasteiger partial charge in [-0.25, -0.2) is 9.98 Å². The summed E-state index contributed by atoms with van der Waals surface area (Å²) in [7, 11) is 0. The number of nitrogens with one attached hydrogen (secondary N) is 1. The molecule has 0 aromatic heterocycles. The Morgan fingerprint density at radius 2 is 1.21 bits per heavy atom. The fraction of sp³-hybridized carbons (Fsp3) is 0.133. The predicted molar refractivity (Wildman–Crippen MR) is 146 cm³/mol. The molecule has 8 nitrogen and oxygen atoms in total. The fourth-order valence-corrected chi connectivity index (χ4v) is 4.59. The third-order valence-corrected chi connectivity index (χ3v) is 6.54. The number of aliphatic imine (C=N–C) groups is 2. The molecular weight excluding hydrogens is 480 g/mol. The van der Waals surface area contributed by atoms with Gasteiger partial charge in [-0.05, 0) is 29.3 Å². The molecule has 0 amide bonds. The van der Waals surface area contributed by atoms with Gasteiger partial charge in [0.25, 0.3) is 5.69 Å². The van der Waals surface area contributed by atoms with E-state index in [1.807, 2.05) is 84.9 Å². The molecule has 0 fully saturated rings. The highest BCUT2D eigenvalue weighted by Crippen LogP contribution is 2.34. The van der Waals surface area contributed by atoms with Gasteiger partial charge in [0.05, 0.1) is 27.4 Å². The maximum atomic E-state index is 11.6. The van der Waals surface area contributed by atoms with Gasteiger partial charge >= 0.3 is 0 Å². The van der Waals surface area contributed by atoms with Crippen LogP contribution in [0.15, 0.2) is 113 Å². The summed E-state index contributed by atoms with van der Waals surface area (Å²) in [4.78, 5) is 20.8. The second kappa shape index (κ2) is 10.2. The van der Waals surface area contributed by atoms with Crippen molar-refractivity contribution in [2.24, 2.45) is 9.98 Å². The van der Waals surface area contributed by atoms with Crippen molar-refractivity contribution in [3.8, 4) is 0 Å². The van der Waals surface area contributed by atoms with E-state index in [0.29, 0.717) is 41.9 Å². The van der Waals surface area contributed by atoms with Crippen LogP contribution >= 0.6 is 0 Å². The van der Waals surface area contributed by atoms with E-state index in [9.17, 15) is 10.1 Å². The molecule has 0 radical (unpaired) electrons. The number of para-hydroxylation sites is 1. The van der Waals surface area contributed by atoms with Crippen LogP contribution < -0.4 is 5.32 Å². The number of non-ortho nitro benzene ring substituents is 1. The van der Waals surface area contributed by atoms with Crippen LogP contribution in [0.2, 0.25) is 0 Å². The van der Waals surface area contributed by atoms with Gasteiger partial charge in [-0.15, -0.1) is 0 Å². The molecule has 4 aromatic rings. The van der Waals surface area contributed by atoms with Gasteiger partial charge in [-0.2, -0.15) is 0 Å². The Morgan fingerprint density at radius 3 is 1.79 bits per heavy atom. The van der Waals surface area contributed by atoms with Gasteiger partial charge < -0.3 is 14.8 Å². The van der Waals surface area contributed by atoms with Gasteiger partial charge in [0.15, 0.2) is 0 Å². The minimum Gasteiger partial charge on any atom is -0.475 e. The number of nitro benzene ring substituents is 1. The maximum absolute atomic E-state index is 11.6. The quantitative estimate of drug-likeness (QED) is 0.233. The number of benzene rings is 4. The average molecular weight is 505 g/mol. The Balaban J connectivity index is 1.34. The molecule has 2 aliphatic rings. The molecule has 2 heterocycles. The molecule has 0 bridgehead atoms. The lowest BCUT2D eigenvalue weighted by atomic mass is 10.1. The molecule has 38 heavy (non-hydrogen) atoms. The zero-order chi connectivity index (χ0) is 25.9. The highest BCUT2D eigenvalue weighted by atomic mass is 16.6. The molecule has 2 unspecified atom stereocenters. The molecule has 0 saturated heterocycles. The summed E-state index contributed by atoms with van der Waals surface area (Å²) in [5, 5.41) is 15.0. The summed E-state index contributed by atoms with van der Waals surface area (Å²) in [6, 6.07) is 31.9. The van der Waals surface area contributed by atoms with Gasteiger partial charge in [0.2, 0.25) is 11.8 Å². The number of rotatable bonds is 7. The standard InChI is InChI=1S/C30H24N4O4/c35-34(36)22-15-16-24(30-33-28(19-38-30)21-11-5-2-6-12-21)26(17-22)31-25-14-8-7-13-23(25)29-32-27(18-37-29)20-9-3-1-4-10-20/h1-17,27-28,31H,18-19H2. The minimum atomic E-state index is -0.417. The smallest absolute Gasteiger partial charge is 0.271 e. The molecule has 0 spiro atoms. The van der Waals surface area contributed by atoms with E-state index in [0.717, 1.165) is 16.7 Å². The first-order valence-electron chi connectivity index (χ1n) is 12.3. The molecule has 2 aliphatic heterocycles. The van der Waals surface area contributed by atoms with E-state index >= 15 is 0 Å². The van der Waals surface area contributed by atoms with Crippen LogP contribution in [0.4, 0.5) is 17.1 Å². The number of anilines is 2. The normalized spacial score (nSPS) is 18.2. The van der Waals surface area contributed by atoms with Gasteiger partial charge in [-0.3, -0.25) is 10.1 Å². The van der Waals surface area contributed by atoms with Crippen molar-refractivity contribution >= 4 is 28.9 Å². The predicted octanol–water partition coefficient (Wildman–Crippen LogP) is 6.37. The first kappa shape index (κ1) is 23.4. The zero-order valence-electron chi connectivity index (χ0n) is 20.4. The molecule has 0 saturated carbocycles. The van der Waals surface area contributed by atoms with Crippen LogP contribution in [0, 0.1) is 10.1 Å². The zero-order valence-corrected chi connectivity index (χ0v) is 20.4. The molecule has 0 aliphatic carbocycles. The van der Waals surface area contributed by atoms with E-state index in [-0.39, 0.29) is 17.8 Å². The van der Waals surface area contributed by atoms with Crippen LogP contribution in [-0.2, 0) is 9.47 Å². The average Bonchev–Trinajstić information content (AvgIpc) is 3.65. The van der Waals surface area contributed by atoms with E-state index in [4.69, 9.17) is 19.5 Å². The third kappa shape index (κ3) is 4.71. The van der Waals surface area contributed by atoms with Crippen molar-refractivity contribution in [3.05, 3.63) is 135 Å². The fourth-order valence-electron chi connectivity index (χ4n) is 4.59. The lowest BCUT2D eigenvalue weighted by molar-refractivity contribution is -0.384. The van der Waals surface area contributed by atoms with Crippen molar-refractivity contribution in [2.45, 2.75) is 12.1 Å². The van der Waals surface area contributed by atoms with Crippen LogP contribution in [0.5, 0.6) is 0 Å². The van der Waals surface area contributed by atoms with E-state index < -0.39 is 4.92 Å². The summed E-state index contributed by atoms with van der Waals surface area (Å²) in [6.45, 7) is 0.846. The minimum absolute atomic E-state index is 0.0365. The van der Waals surface area contributed by atoms with Crippen molar-refractivity contribution in [3.63, 3.8) is 0 Å². The Hall–Kier alpha value is -4.98.